The number of likely N-dealkylation sites (tertiary alicyclic amines) is 1. The molecule has 0 atom stereocenters. The molecule has 1 aliphatic heterocycles. The molecule has 1 heterocycles. The molecule has 0 unspecified atom stereocenters. The molecular formula is C25H32N2O2. The molecule has 4 nitrogen and oxygen atoms in total. The van der Waals surface area contributed by atoms with Crippen molar-refractivity contribution in [2.24, 2.45) is 5.41 Å². The lowest BCUT2D eigenvalue weighted by atomic mass is 9.89. The first-order chi connectivity index (χ1) is 13.8. The zero-order valence-corrected chi connectivity index (χ0v) is 17.7. The van der Waals surface area contributed by atoms with Gasteiger partial charge in [-0.05, 0) is 29.4 Å². The third kappa shape index (κ3) is 5.93. The molecule has 1 N–H and O–H groups in total. The van der Waals surface area contributed by atoms with Crippen molar-refractivity contribution in [3.05, 3.63) is 71.8 Å². The zero-order chi connectivity index (χ0) is 20.9. The summed E-state index contributed by atoms with van der Waals surface area (Å²) in [4.78, 5) is 27.6. The molecule has 4 heteroatoms. The third-order valence-corrected chi connectivity index (χ3v) is 5.38. The van der Waals surface area contributed by atoms with Gasteiger partial charge in [-0.15, -0.1) is 0 Å². The molecule has 154 valence electrons. The normalized spacial score (nSPS) is 15.4. The zero-order valence-electron chi connectivity index (χ0n) is 17.7. The molecular weight excluding hydrogens is 360 g/mol. The fourth-order valence-electron chi connectivity index (χ4n) is 3.96. The SMILES string of the molecule is CC(C)(C)CC(=O)NC1CCN(C(=O)C(c2ccccc2)c2ccccc2)CC1. The highest BCUT2D eigenvalue weighted by atomic mass is 16.2. The second-order valence-electron chi connectivity index (χ2n) is 9.16. The van der Waals surface area contributed by atoms with E-state index in [1.165, 1.54) is 0 Å². The minimum Gasteiger partial charge on any atom is -0.353 e. The van der Waals surface area contributed by atoms with E-state index in [1.54, 1.807) is 0 Å². The van der Waals surface area contributed by atoms with Crippen molar-refractivity contribution >= 4 is 11.8 Å². The predicted octanol–water partition coefficient (Wildman–Crippen LogP) is 4.36. The number of rotatable bonds is 5. The average Bonchev–Trinajstić information content (AvgIpc) is 2.69. The van der Waals surface area contributed by atoms with E-state index in [0.717, 1.165) is 24.0 Å². The van der Waals surface area contributed by atoms with Gasteiger partial charge in [0.25, 0.3) is 0 Å². The Morgan fingerprint density at radius 1 is 0.931 bits per heavy atom. The molecule has 0 spiro atoms. The molecule has 2 amide bonds. The van der Waals surface area contributed by atoms with Gasteiger partial charge in [-0.1, -0.05) is 81.4 Å². The molecule has 2 aromatic rings. The number of piperidine rings is 1. The highest BCUT2D eigenvalue weighted by Gasteiger charge is 2.31. The van der Waals surface area contributed by atoms with E-state index in [1.807, 2.05) is 65.6 Å². The summed E-state index contributed by atoms with van der Waals surface area (Å²) in [5.41, 5.74) is 2.02. The maximum absolute atomic E-state index is 13.5. The number of nitrogens with one attached hydrogen (secondary N) is 1. The van der Waals surface area contributed by atoms with Gasteiger partial charge >= 0.3 is 0 Å². The van der Waals surface area contributed by atoms with Crippen LogP contribution in [0.2, 0.25) is 0 Å². The number of benzene rings is 2. The van der Waals surface area contributed by atoms with Crippen LogP contribution in [0.5, 0.6) is 0 Å². The van der Waals surface area contributed by atoms with Crippen LogP contribution in [0.15, 0.2) is 60.7 Å². The molecule has 0 aromatic heterocycles. The molecule has 2 aromatic carbocycles. The van der Waals surface area contributed by atoms with E-state index in [-0.39, 0.29) is 29.2 Å². The van der Waals surface area contributed by atoms with Crippen molar-refractivity contribution in [2.75, 3.05) is 13.1 Å². The maximum atomic E-state index is 13.5. The summed E-state index contributed by atoms with van der Waals surface area (Å²) in [5.74, 6) is -0.0416. The van der Waals surface area contributed by atoms with Gasteiger partial charge in [0, 0.05) is 25.6 Å². The van der Waals surface area contributed by atoms with Gasteiger partial charge in [0.15, 0.2) is 0 Å². The average molecular weight is 393 g/mol. The summed E-state index contributed by atoms with van der Waals surface area (Å²) < 4.78 is 0. The monoisotopic (exact) mass is 392 g/mol. The standard InChI is InChI=1S/C25H32N2O2/c1-25(2,3)18-22(28)26-21-14-16-27(17-15-21)24(29)23(19-10-6-4-7-11-19)20-12-8-5-9-13-20/h4-13,21,23H,14-18H2,1-3H3,(H,26,28). The number of hydrogen-bond donors (Lipinski definition) is 1. The second kappa shape index (κ2) is 9.25. The van der Waals surface area contributed by atoms with E-state index in [9.17, 15) is 9.59 Å². The lowest BCUT2D eigenvalue weighted by molar-refractivity contribution is -0.133. The van der Waals surface area contributed by atoms with Gasteiger partial charge in [0.1, 0.15) is 0 Å². The quantitative estimate of drug-likeness (QED) is 0.822. The van der Waals surface area contributed by atoms with E-state index in [0.29, 0.717) is 19.5 Å². The lowest BCUT2D eigenvalue weighted by Crippen LogP contribution is -2.48. The fraction of sp³-hybridized carbons (Fsp3) is 0.440. The number of nitrogens with zero attached hydrogens (tertiary/aromatic N) is 1. The van der Waals surface area contributed by atoms with Crippen LogP contribution in [0.3, 0.4) is 0 Å². The van der Waals surface area contributed by atoms with Crippen molar-refractivity contribution in [3.8, 4) is 0 Å². The Kier molecular flexibility index (Phi) is 6.73. The third-order valence-electron chi connectivity index (χ3n) is 5.38. The van der Waals surface area contributed by atoms with Crippen LogP contribution in [0, 0.1) is 5.41 Å². The number of amides is 2. The number of carbonyl (C=O) groups excluding carboxylic acids is 2. The molecule has 0 saturated carbocycles. The van der Waals surface area contributed by atoms with Crippen molar-refractivity contribution in [2.45, 2.75) is 52.0 Å². The van der Waals surface area contributed by atoms with Crippen molar-refractivity contribution in [1.82, 2.24) is 10.2 Å². The van der Waals surface area contributed by atoms with E-state index >= 15 is 0 Å². The summed E-state index contributed by atoms with van der Waals surface area (Å²) in [7, 11) is 0. The highest BCUT2D eigenvalue weighted by Crippen LogP contribution is 2.28. The lowest BCUT2D eigenvalue weighted by Gasteiger charge is -2.35. The molecule has 0 radical (unpaired) electrons. The Balaban J connectivity index is 1.66. The Morgan fingerprint density at radius 2 is 1.41 bits per heavy atom. The number of hydrogen-bond acceptors (Lipinski definition) is 2. The van der Waals surface area contributed by atoms with Gasteiger partial charge in [-0.25, -0.2) is 0 Å². The Hall–Kier alpha value is -2.62. The van der Waals surface area contributed by atoms with Crippen molar-refractivity contribution in [1.29, 1.82) is 0 Å². The van der Waals surface area contributed by atoms with Crippen LogP contribution >= 0.6 is 0 Å². The van der Waals surface area contributed by atoms with E-state index in [4.69, 9.17) is 0 Å². The molecule has 1 saturated heterocycles. The molecule has 1 aliphatic rings. The van der Waals surface area contributed by atoms with E-state index in [2.05, 4.69) is 26.1 Å². The summed E-state index contributed by atoms with van der Waals surface area (Å²) in [5, 5.41) is 3.15. The first kappa shape index (κ1) is 21.1. The minimum atomic E-state index is -0.288. The van der Waals surface area contributed by atoms with Gasteiger partial charge in [0.2, 0.25) is 11.8 Å². The van der Waals surface area contributed by atoms with Gasteiger partial charge in [-0.2, -0.15) is 0 Å². The smallest absolute Gasteiger partial charge is 0.234 e. The Labute approximate surface area is 174 Å². The molecule has 29 heavy (non-hydrogen) atoms. The molecule has 1 fully saturated rings. The van der Waals surface area contributed by atoms with Crippen LogP contribution in [-0.4, -0.2) is 35.8 Å². The first-order valence-electron chi connectivity index (χ1n) is 10.5. The topological polar surface area (TPSA) is 49.4 Å². The summed E-state index contributed by atoms with van der Waals surface area (Å²) in [6, 6.07) is 20.1. The fourth-order valence-corrected chi connectivity index (χ4v) is 3.96. The van der Waals surface area contributed by atoms with Crippen LogP contribution in [0.4, 0.5) is 0 Å². The summed E-state index contributed by atoms with van der Waals surface area (Å²) in [6.45, 7) is 7.56. The summed E-state index contributed by atoms with van der Waals surface area (Å²) >= 11 is 0. The Bertz CT molecular complexity index is 764. The van der Waals surface area contributed by atoms with Gasteiger partial charge < -0.3 is 10.2 Å². The molecule has 0 bridgehead atoms. The van der Waals surface area contributed by atoms with Gasteiger partial charge in [0.05, 0.1) is 5.92 Å². The summed E-state index contributed by atoms with van der Waals surface area (Å²) in [6.07, 6.45) is 2.13. The van der Waals surface area contributed by atoms with Crippen molar-refractivity contribution in [3.63, 3.8) is 0 Å². The highest BCUT2D eigenvalue weighted by molar-refractivity contribution is 5.87. The largest absolute Gasteiger partial charge is 0.353 e. The second-order valence-corrected chi connectivity index (χ2v) is 9.16. The van der Waals surface area contributed by atoms with Crippen LogP contribution < -0.4 is 5.32 Å². The first-order valence-corrected chi connectivity index (χ1v) is 10.5. The van der Waals surface area contributed by atoms with Crippen LogP contribution in [-0.2, 0) is 9.59 Å². The van der Waals surface area contributed by atoms with Crippen LogP contribution in [0.25, 0.3) is 0 Å². The molecule has 0 aliphatic carbocycles. The number of carbonyl (C=O) groups is 2. The van der Waals surface area contributed by atoms with Gasteiger partial charge in [-0.3, -0.25) is 9.59 Å². The molecule has 3 rings (SSSR count). The van der Waals surface area contributed by atoms with Crippen molar-refractivity contribution < 1.29 is 9.59 Å². The van der Waals surface area contributed by atoms with Crippen LogP contribution in [0.1, 0.15) is 57.1 Å². The maximum Gasteiger partial charge on any atom is 0.234 e. The Morgan fingerprint density at radius 3 is 1.86 bits per heavy atom. The minimum absolute atomic E-state index is 0.0145. The van der Waals surface area contributed by atoms with E-state index < -0.39 is 0 Å². The predicted molar refractivity (Wildman–Crippen MR) is 117 cm³/mol.